The van der Waals surface area contributed by atoms with Crippen LogP contribution in [0.15, 0.2) is 40.9 Å². The van der Waals surface area contributed by atoms with Gasteiger partial charge in [0.15, 0.2) is 0 Å². The summed E-state index contributed by atoms with van der Waals surface area (Å²) in [4.78, 5) is 0. The Morgan fingerprint density at radius 3 is 2.38 bits per heavy atom. The SMILES string of the molecule is OBc1ccc(Br)c2ccccc12. The van der Waals surface area contributed by atoms with Crippen LogP contribution in [0.3, 0.4) is 0 Å². The Labute approximate surface area is 85.8 Å². The minimum atomic E-state index is 0.0911. The molecule has 1 nitrogen and oxygen atoms in total. The number of rotatable bonds is 1. The summed E-state index contributed by atoms with van der Waals surface area (Å²) in [6, 6.07) is 11.9. The third kappa shape index (κ3) is 1.49. The first-order chi connectivity index (χ1) is 6.33. The molecule has 0 spiro atoms. The fraction of sp³-hybridized carbons (Fsp3) is 0. The molecule has 13 heavy (non-hydrogen) atoms. The number of hydrogen-bond donors (Lipinski definition) is 1. The predicted octanol–water partition coefficient (Wildman–Crippen LogP) is 1.57. The highest BCUT2D eigenvalue weighted by Crippen LogP contribution is 2.21. The minimum Gasteiger partial charge on any atom is -0.449 e. The van der Waals surface area contributed by atoms with Crippen molar-refractivity contribution in [1.29, 1.82) is 0 Å². The molecular weight excluding hydrogens is 227 g/mol. The summed E-state index contributed by atoms with van der Waals surface area (Å²) in [7, 11) is 0.0911. The Kier molecular flexibility index (Phi) is 2.38. The third-order valence-corrected chi connectivity index (χ3v) is 2.82. The van der Waals surface area contributed by atoms with Crippen molar-refractivity contribution in [2.75, 3.05) is 0 Å². The van der Waals surface area contributed by atoms with Crippen molar-refractivity contribution >= 4 is 39.6 Å². The highest BCUT2D eigenvalue weighted by Gasteiger charge is 2.02. The summed E-state index contributed by atoms with van der Waals surface area (Å²) in [5.41, 5.74) is 0.971. The molecule has 2 aromatic rings. The average molecular weight is 235 g/mol. The molecule has 3 heteroatoms. The van der Waals surface area contributed by atoms with E-state index in [2.05, 4.69) is 15.9 Å². The number of hydrogen-bond acceptors (Lipinski definition) is 1. The lowest BCUT2D eigenvalue weighted by Gasteiger charge is -2.04. The summed E-state index contributed by atoms with van der Waals surface area (Å²) in [5.74, 6) is 0. The van der Waals surface area contributed by atoms with Gasteiger partial charge in [0.2, 0.25) is 0 Å². The molecule has 0 radical (unpaired) electrons. The van der Waals surface area contributed by atoms with Gasteiger partial charge in [-0.1, -0.05) is 46.3 Å². The smallest absolute Gasteiger partial charge is 0.305 e. The van der Waals surface area contributed by atoms with Crippen LogP contribution >= 0.6 is 15.9 Å². The van der Waals surface area contributed by atoms with Crippen LogP contribution in [0.4, 0.5) is 0 Å². The van der Waals surface area contributed by atoms with Gasteiger partial charge in [0.1, 0.15) is 0 Å². The van der Waals surface area contributed by atoms with Crippen molar-refractivity contribution in [2.24, 2.45) is 0 Å². The summed E-state index contributed by atoms with van der Waals surface area (Å²) >= 11 is 3.48. The second-order valence-electron chi connectivity index (χ2n) is 2.91. The maximum atomic E-state index is 9.11. The van der Waals surface area contributed by atoms with Crippen LogP contribution in [0.2, 0.25) is 0 Å². The van der Waals surface area contributed by atoms with Crippen LogP contribution < -0.4 is 5.46 Å². The van der Waals surface area contributed by atoms with Crippen LogP contribution in [0, 0.1) is 0 Å². The molecule has 0 aliphatic heterocycles. The highest BCUT2D eigenvalue weighted by atomic mass is 79.9. The maximum absolute atomic E-state index is 9.11. The van der Waals surface area contributed by atoms with E-state index in [-0.39, 0.29) is 7.48 Å². The second-order valence-corrected chi connectivity index (χ2v) is 3.76. The lowest BCUT2D eigenvalue weighted by atomic mass is 9.84. The molecule has 64 valence electrons. The number of fused-ring (bicyclic) bond motifs is 1. The van der Waals surface area contributed by atoms with Crippen LogP contribution in [-0.4, -0.2) is 12.5 Å². The monoisotopic (exact) mass is 234 g/mol. The largest absolute Gasteiger partial charge is 0.449 e. The van der Waals surface area contributed by atoms with E-state index in [1.54, 1.807) is 0 Å². The molecule has 2 rings (SSSR count). The van der Waals surface area contributed by atoms with Crippen molar-refractivity contribution in [2.45, 2.75) is 0 Å². The van der Waals surface area contributed by atoms with Gasteiger partial charge in [0.25, 0.3) is 0 Å². The van der Waals surface area contributed by atoms with Gasteiger partial charge in [-0.25, -0.2) is 0 Å². The Balaban J connectivity index is 2.84. The molecule has 1 N–H and O–H groups in total. The molecule has 0 aliphatic rings. The van der Waals surface area contributed by atoms with Gasteiger partial charge >= 0.3 is 7.48 Å². The molecule has 0 saturated carbocycles. The second kappa shape index (κ2) is 3.52. The van der Waals surface area contributed by atoms with Crippen molar-refractivity contribution in [3.05, 3.63) is 40.9 Å². The molecule has 0 saturated heterocycles. The van der Waals surface area contributed by atoms with E-state index < -0.39 is 0 Å². The molecule has 0 aromatic heterocycles. The van der Waals surface area contributed by atoms with Crippen molar-refractivity contribution < 1.29 is 5.02 Å². The van der Waals surface area contributed by atoms with E-state index in [9.17, 15) is 0 Å². The standard InChI is InChI=1S/C10H8BBrO/c12-10-6-5-9(11-13)7-3-1-2-4-8(7)10/h1-6,11,13H. The lowest BCUT2D eigenvalue weighted by Crippen LogP contribution is -2.14. The normalized spacial score (nSPS) is 10.3. The van der Waals surface area contributed by atoms with E-state index in [0.29, 0.717) is 0 Å². The van der Waals surface area contributed by atoms with Crippen molar-refractivity contribution in [1.82, 2.24) is 0 Å². The first-order valence-corrected chi connectivity index (χ1v) is 4.89. The summed E-state index contributed by atoms with van der Waals surface area (Å²) in [6.07, 6.45) is 0. The minimum absolute atomic E-state index is 0.0911. The quantitative estimate of drug-likeness (QED) is 0.743. The third-order valence-electron chi connectivity index (χ3n) is 2.13. The Morgan fingerprint density at radius 1 is 1.00 bits per heavy atom. The molecule has 0 bridgehead atoms. The van der Waals surface area contributed by atoms with Gasteiger partial charge in [-0.05, 0) is 22.3 Å². The summed E-state index contributed by atoms with van der Waals surface area (Å²) in [5, 5.41) is 11.4. The van der Waals surface area contributed by atoms with Crippen LogP contribution in [0.25, 0.3) is 10.8 Å². The van der Waals surface area contributed by atoms with E-state index >= 15 is 0 Å². The Bertz CT molecular complexity index is 442. The molecule has 0 atom stereocenters. The zero-order chi connectivity index (χ0) is 9.26. The van der Waals surface area contributed by atoms with E-state index in [4.69, 9.17) is 5.02 Å². The maximum Gasteiger partial charge on any atom is 0.305 e. The van der Waals surface area contributed by atoms with Gasteiger partial charge < -0.3 is 5.02 Å². The molecule has 0 unspecified atom stereocenters. The average Bonchev–Trinajstić information content (AvgIpc) is 2.19. The van der Waals surface area contributed by atoms with Gasteiger partial charge in [-0.15, -0.1) is 0 Å². The van der Waals surface area contributed by atoms with E-state index in [1.165, 1.54) is 0 Å². The van der Waals surface area contributed by atoms with Gasteiger partial charge in [-0.2, -0.15) is 0 Å². The molecular formula is C10H8BBrO. The van der Waals surface area contributed by atoms with Crippen molar-refractivity contribution in [3.8, 4) is 0 Å². The molecule has 0 aliphatic carbocycles. The van der Waals surface area contributed by atoms with Gasteiger partial charge in [-0.3, -0.25) is 0 Å². The highest BCUT2D eigenvalue weighted by molar-refractivity contribution is 9.10. The molecule has 2 aromatic carbocycles. The van der Waals surface area contributed by atoms with E-state index in [0.717, 1.165) is 20.7 Å². The van der Waals surface area contributed by atoms with Gasteiger partial charge in [0.05, 0.1) is 0 Å². The summed E-state index contributed by atoms with van der Waals surface area (Å²) < 4.78 is 1.07. The molecule has 0 fully saturated rings. The lowest BCUT2D eigenvalue weighted by molar-refractivity contribution is 0.616. The Hall–Kier alpha value is -0.795. The first kappa shape index (κ1) is 8.79. The number of halogens is 1. The predicted molar refractivity (Wildman–Crippen MR) is 60.6 cm³/mol. The zero-order valence-electron chi connectivity index (χ0n) is 7.00. The number of benzene rings is 2. The molecule has 0 heterocycles. The van der Waals surface area contributed by atoms with Crippen LogP contribution in [0.1, 0.15) is 0 Å². The fourth-order valence-corrected chi connectivity index (χ4v) is 1.94. The first-order valence-electron chi connectivity index (χ1n) is 4.10. The molecule has 0 amide bonds. The topological polar surface area (TPSA) is 20.2 Å². The Morgan fingerprint density at radius 2 is 1.69 bits per heavy atom. The van der Waals surface area contributed by atoms with Crippen LogP contribution in [-0.2, 0) is 0 Å². The van der Waals surface area contributed by atoms with E-state index in [1.807, 2.05) is 36.4 Å². The van der Waals surface area contributed by atoms with Crippen LogP contribution in [0.5, 0.6) is 0 Å². The fourth-order valence-electron chi connectivity index (χ4n) is 1.46. The van der Waals surface area contributed by atoms with Crippen molar-refractivity contribution in [3.63, 3.8) is 0 Å². The summed E-state index contributed by atoms with van der Waals surface area (Å²) in [6.45, 7) is 0. The zero-order valence-corrected chi connectivity index (χ0v) is 8.58. The van der Waals surface area contributed by atoms with Gasteiger partial charge in [0, 0.05) is 4.47 Å².